The summed E-state index contributed by atoms with van der Waals surface area (Å²) in [5.41, 5.74) is 11.9. The number of aliphatic carboxylic acids is 1. The number of rotatable bonds is 15. The summed E-state index contributed by atoms with van der Waals surface area (Å²) in [5, 5.41) is 16.8. The summed E-state index contributed by atoms with van der Waals surface area (Å²) in [4.78, 5) is 68.3. The number of aromatic amines is 1. The summed E-state index contributed by atoms with van der Waals surface area (Å²) in [6.45, 7) is 7.14. The van der Waals surface area contributed by atoms with Gasteiger partial charge in [0.25, 0.3) is 0 Å². The smallest absolute Gasteiger partial charge is 0.326 e. The predicted octanol–water partition coefficient (Wildman–Crippen LogP) is -1.21. The lowest BCUT2D eigenvalue weighted by Crippen LogP contribution is -2.59. The van der Waals surface area contributed by atoms with Crippen LogP contribution in [-0.4, -0.2) is 68.8 Å². The molecule has 0 aromatic carbocycles. The van der Waals surface area contributed by atoms with Crippen molar-refractivity contribution in [2.45, 2.75) is 77.5 Å². The van der Waals surface area contributed by atoms with Crippen molar-refractivity contribution in [1.82, 2.24) is 25.9 Å². The van der Waals surface area contributed by atoms with E-state index in [0.29, 0.717) is 12.1 Å². The van der Waals surface area contributed by atoms with Gasteiger partial charge in [-0.2, -0.15) is 0 Å². The molecule has 5 atom stereocenters. The second-order valence-electron chi connectivity index (χ2n) is 9.02. The van der Waals surface area contributed by atoms with Crippen molar-refractivity contribution in [3.63, 3.8) is 0 Å². The number of nitrogens with one attached hydrogen (secondary N) is 4. The van der Waals surface area contributed by atoms with Crippen molar-refractivity contribution in [2.24, 2.45) is 23.3 Å². The van der Waals surface area contributed by atoms with E-state index in [1.165, 1.54) is 12.5 Å². The molecule has 1 heterocycles. The average Bonchev–Trinajstić information content (AvgIpc) is 3.27. The van der Waals surface area contributed by atoms with Gasteiger partial charge >= 0.3 is 5.97 Å². The highest BCUT2D eigenvalue weighted by atomic mass is 16.4. The van der Waals surface area contributed by atoms with Gasteiger partial charge in [0, 0.05) is 18.3 Å². The number of nitrogens with zero attached hydrogens (tertiary/aromatic N) is 1. The Hall–Kier alpha value is -3.48. The van der Waals surface area contributed by atoms with Gasteiger partial charge in [-0.1, -0.05) is 34.1 Å². The fourth-order valence-electron chi connectivity index (χ4n) is 3.33. The number of hydrogen-bond donors (Lipinski definition) is 7. The molecular formula is C22H37N7O6. The van der Waals surface area contributed by atoms with Gasteiger partial charge in [-0.3, -0.25) is 19.2 Å². The van der Waals surface area contributed by atoms with Crippen LogP contribution in [0.3, 0.4) is 0 Å². The lowest BCUT2D eigenvalue weighted by atomic mass is 9.97. The molecule has 0 aliphatic rings. The number of amides is 4. The van der Waals surface area contributed by atoms with Gasteiger partial charge < -0.3 is 37.5 Å². The van der Waals surface area contributed by atoms with Gasteiger partial charge in [-0.05, 0) is 18.3 Å². The minimum absolute atomic E-state index is 0.0310. The molecule has 0 fully saturated rings. The van der Waals surface area contributed by atoms with E-state index in [9.17, 15) is 29.1 Å². The third-order valence-corrected chi connectivity index (χ3v) is 5.48. The van der Waals surface area contributed by atoms with Gasteiger partial charge in [-0.15, -0.1) is 0 Å². The highest BCUT2D eigenvalue weighted by Crippen LogP contribution is 2.11. The zero-order chi connectivity index (χ0) is 26.7. The lowest BCUT2D eigenvalue weighted by Gasteiger charge is -2.27. The van der Waals surface area contributed by atoms with E-state index in [2.05, 4.69) is 25.9 Å². The molecule has 1 aromatic rings. The Morgan fingerprint density at radius 1 is 1.03 bits per heavy atom. The first-order valence-electron chi connectivity index (χ1n) is 11.5. The SMILES string of the molecule is CCC(C)C(NC(=O)C(N)Cc1cnc[nH]1)C(=O)NC(CC(N)=O)C(=O)NC(CC(C)C)C(=O)O. The number of primary amides is 1. The van der Waals surface area contributed by atoms with Crippen LogP contribution < -0.4 is 27.4 Å². The van der Waals surface area contributed by atoms with E-state index in [-0.39, 0.29) is 24.7 Å². The summed E-state index contributed by atoms with van der Waals surface area (Å²) in [6, 6.07) is -4.65. The maximum absolute atomic E-state index is 13.1. The van der Waals surface area contributed by atoms with Crippen molar-refractivity contribution in [3.8, 4) is 0 Å². The average molecular weight is 496 g/mol. The number of carbonyl (C=O) groups excluding carboxylic acids is 4. The van der Waals surface area contributed by atoms with Gasteiger partial charge in [0.1, 0.15) is 18.1 Å². The second kappa shape index (κ2) is 14.0. The topological polar surface area (TPSA) is 222 Å². The summed E-state index contributed by atoms with van der Waals surface area (Å²) in [5.74, 6) is -4.66. The van der Waals surface area contributed by atoms with Crippen LogP contribution in [0.1, 0.15) is 52.7 Å². The Bertz CT molecular complexity index is 874. The van der Waals surface area contributed by atoms with Crippen LogP contribution >= 0.6 is 0 Å². The summed E-state index contributed by atoms with van der Waals surface area (Å²) in [7, 11) is 0. The van der Waals surface area contributed by atoms with Crippen molar-refractivity contribution < 1.29 is 29.1 Å². The number of aromatic nitrogens is 2. The molecule has 0 aliphatic heterocycles. The largest absolute Gasteiger partial charge is 0.480 e. The molecule has 0 spiro atoms. The normalized spacial score (nSPS) is 15.4. The molecule has 13 nitrogen and oxygen atoms in total. The minimum Gasteiger partial charge on any atom is -0.480 e. The number of carboxylic acids is 1. The number of H-pyrrole nitrogens is 1. The molecular weight excluding hydrogens is 458 g/mol. The van der Waals surface area contributed by atoms with Gasteiger partial charge in [0.15, 0.2) is 0 Å². The first-order chi connectivity index (χ1) is 16.3. The Morgan fingerprint density at radius 2 is 1.66 bits per heavy atom. The van der Waals surface area contributed by atoms with E-state index in [0.717, 1.165) is 0 Å². The molecule has 4 amide bonds. The fourth-order valence-corrected chi connectivity index (χ4v) is 3.33. The third kappa shape index (κ3) is 10.1. The van der Waals surface area contributed by atoms with Crippen molar-refractivity contribution >= 4 is 29.6 Å². The summed E-state index contributed by atoms with van der Waals surface area (Å²) in [6.07, 6.45) is 3.26. The first-order valence-corrected chi connectivity index (χ1v) is 11.5. The number of carbonyl (C=O) groups is 5. The molecule has 0 saturated heterocycles. The zero-order valence-electron chi connectivity index (χ0n) is 20.5. The Labute approximate surface area is 204 Å². The Kier molecular flexibility index (Phi) is 11.9. The second-order valence-corrected chi connectivity index (χ2v) is 9.02. The Morgan fingerprint density at radius 3 is 2.14 bits per heavy atom. The lowest BCUT2D eigenvalue weighted by molar-refractivity contribution is -0.143. The van der Waals surface area contributed by atoms with Crippen LogP contribution in [0.25, 0.3) is 0 Å². The molecule has 0 bridgehead atoms. The molecule has 0 radical (unpaired) electrons. The quantitative estimate of drug-likeness (QED) is 0.156. The van der Waals surface area contributed by atoms with Gasteiger partial charge in [-0.25, -0.2) is 9.78 Å². The van der Waals surface area contributed by atoms with E-state index < -0.39 is 60.2 Å². The molecule has 1 aromatic heterocycles. The molecule has 196 valence electrons. The number of hydrogen-bond acceptors (Lipinski definition) is 7. The summed E-state index contributed by atoms with van der Waals surface area (Å²) >= 11 is 0. The van der Waals surface area contributed by atoms with E-state index in [4.69, 9.17) is 11.5 Å². The molecule has 5 unspecified atom stereocenters. The molecule has 1 rings (SSSR count). The predicted molar refractivity (Wildman–Crippen MR) is 126 cm³/mol. The molecule has 35 heavy (non-hydrogen) atoms. The first kappa shape index (κ1) is 29.6. The highest BCUT2D eigenvalue weighted by molar-refractivity contribution is 5.96. The van der Waals surface area contributed by atoms with Crippen LogP contribution in [0.15, 0.2) is 12.5 Å². The minimum atomic E-state index is -1.42. The van der Waals surface area contributed by atoms with Gasteiger partial charge in [0.05, 0.1) is 18.8 Å². The van der Waals surface area contributed by atoms with E-state index in [1.54, 1.807) is 20.8 Å². The van der Waals surface area contributed by atoms with E-state index in [1.807, 2.05) is 6.92 Å². The molecule has 0 saturated carbocycles. The van der Waals surface area contributed by atoms with Crippen LogP contribution in [0, 0.1) is 11.8 Å². The van der Waals surface area contributed by atoms with Crippen molar-refractivity contribution in [2.75, 3.05) is 0 Å². The maximum Gasteiger partial charge on any atom is 0.326 e. The number of imidazole rings is 1. The zero-order valence-corrected chi connectivity index (χ0v) is 20.5. The maximum atomic E-state index is 13.1. The van der Waals surface area contributed by atoms with Crippen LogP contribution in [-0.2, 0) is 30.4 Å². The highest BCUT2D eigenvalue weighted by Gasteiger charge is 2.33. The van der Waals surface area contributed by atoms with Crippen LogP contribution in [0.4, 0.5) is 0 Å². The van der Waals surface area contributed by atoms with Crippen molar-refractivity contribution in [1.29, 1.82) is 0 Å². The third-order valence-electron chi connectivity index (χ3n) is 5.48. The van der Waals surface area contributed by atoms with Gasteiger partial charge in [0.2, 0.25) is 23.6 Å². The Balaban J connectivity index is 2.98. The fraction of sp³-hybridized carbons (Fsp3) is 0.636. The number of carboxylic acid groups (broad SMARTS) is 1. The monoisotopic (exact) mass is 495 g/mol. The summed E-state index contributed by atoms with van der Waals surface area (Å²) < 4.78 is 0. The van der Waals surface area contributed by atoms with E-state index >= 15 is 0 Å². The molecule has 9 N–H and O–H groups in total. The van der Waals surface area contributed by atoms with Crippen LogP contribution in [0.2, 0.25) is 0 Å². The molecule has 13 heteroatoms. The van der Waals surface area contributed by atoms with Crippen LogP contribution in [0.5, 0.6) is 0 Å². The molecule has 0 aliphatic carbocycles. The number of nitrogens with two attached hydrogens (primary N) is 2. The standard InChI is InChI=1S/C22H37N7O6/c1-5-12(4)18(29-19(31)14(23)7-13-9-25-10-26-13)21(33)27-15(8-17(24)30)20(32)28-16(22(34)35)6-11(2)3/h9-12,14-16,18H,5-8,23H2,1-4H3,(H2,24,30)(H,25,26)(H,27,33)(H,28,32)(H,29,31)(H,34,35). The van der Waals surface area contributed by atoms with Crippen molar-refractivity contribution in [3.05, 3.63) is 18.2 Å².